The average molecular weight is 331 g/mol. The molecule has 0 bridgehead atoms. The number of benzene rings is 2. The van der Waals surface area contributed by atoms with E-state index in [1.165, 1.54) is 16.7 Å². The van der Waals surface area contributed by atoms with Crippen molar-refractivity contribution in [3.63, 3.8) is 0 Å². The fraction of sp³-hybridized carbons (Fsp3) is 0.261. The van der Waals surface area contributed by atoms with Gasteiger partial charge in [0.25, 0.3) is 0 Å². The third-order valence-electron chi connectivity index (χ3n) is 4.43. The molecular weight excluding hydrogens is 306 g/mol. The molecule has 0 atom stereocenters. The normalized spacial score (nSPS) is 10.6. The van der Waals surface area contributed by atoms with Crippen LogP contribution in [0.15, 0.2) is 66.9 Å². The van der Waals surface area contributed by atoms with E-state index in [9.17, 15) is 0 Å². The number of aromatic nitrogens is 1. The van der Waals surface area contributed by atoms with Gasteiger partial charge in [-0.05, 0) is 55.0 Å². The van der Waals surface area contributed by atoms with Crippen molar-refractivity contribution in [1.82, 2.24) is 4.98 Å². The molecular formula is C23H25NO. The summed E-state index contributed by atoms with van der Waals surface area (Å²) in [7, 11) is 0. The molecule has 0 spiro atoms. The molecule has 3 rings (SSSR count). The van der Waals surface area contributed by atoms with Crippen molar-refractivity contribution in [1.29, 1.82) is 0 Å². The minimum absolute atomic E-state index is 0.664. The van der Waals surface area contributed by atoms with Crippen LogP contribution in [0.1, 0.15) is 30.5 Å². The first kappa shape index (κ1) is 17.2. The maximum absolute atomic E-state index is 5.44. The Morgan fingerprint density at radius 3 is 1.84 bits per heavy atom. The molecule has 3 aromatic rings. The fourth-order valence-corrected chi connectivity index (χ4v) is 2.88. The number of aryl methyl sites for hydroxylation is 3. The summed E-state index contributed by atoms with van der Waals surface area (Å²) in [5.41, 5.74) is 6.27. The molecule has 1 aromatic heterocycles. The number of ether oxygens (including phenoxy) is 1. The van der Waals surface area contributed by atoms with Crippen LogP contribution in [0.5, 0.6) is 5.75 Å². The minimum Gasteiger partial charge on any atom is -0.492 e. The SMILES string of the molecule is CCOc1ccc(-c2ccc(CCc3ccc(CC)cc3)cc2)nc1. The molecule has 0 aliphatic carbocycles. The van der Waals surface area contributed by atoms with Crippen molar-refractivity contribution in [3.05, 3.63) is 83.6 Å². The summed E-state index contributed by atoms with van der Waals surface area (Å²) in [4.78, 5) is 4.48. The lowest BCUT2D eigenvalue weighted by molar-refractivity contribution is 0.339. The van der Waals surface area contributed by atoms with E-state index in [4.69, 9.17) is 4.74 Å². The summed E-state index contributed by atoms with van der Waals surface area (Å²) in [6.45, 7) is 4.83. The molecule has 0 amide bonds. The van der Waals surface area contributed by atoms with Crippen LogP contribution in [0.4, 0.5) is 0 Å². The Labute approximate surface area is 150 Å². The number of hydrogen-bond donors (Lipinski definition) is 0. The molecule has 25 heavy (non-hydrogen) atoms. The smallest absolute Gasteiger partial charge is 0.137 e. The Balaban J connectivity index is 1.61. The molecule has 0 aliphatic heterocycles. The Morgan fingerprint density at radius 2 is 1.32 bits per heavy atom. The molecule has 0 aliphatic rings. The zero-order valence-corrected chi connectivity index (χ0v) is 15.0. The Hall–Kier alpha value is -2.61. The van der Waals surface area contributed by atoms with E-state index in [0.717, 1.165) is 36.3 Å². The monoisotopic (exact) mass is 331 g/mol. The molecule has 2 heteroatoms. The molecule has 0 radical (unpaired) electrons. The van der Waals surface area contributed by atoms with Crippen LogP contribution in [0, 0.1) is 0 Å². The highest BCUT2D eigenvalue weighted by molar-refractivity contribution is 5.59. The third kappa shape index (κ3) is 4.69. The highest BCUT2D eigenvalue weighted by Gasteiger charge is 2.02. The van der Waals surface area contributed by atoms with Gasteiger partial charge in [-0.1, -0.05) is 55.5 Å². The summed E-state index contributed by atoms with van der Waals surface area (Å²) in [5, 5.41) is 0. The van der Waals surface area contributed by atoms with Gasteiger partial charge in [-0.2, -0.15) is 0 Å². The lowest BCUT2D eigenvalue weighted by Crippen LogP contribution is -1.93. The maximum Gasteiger partial charge on any atom is 0.137 e. The van der Waals surface area contributed by atoms with Gasteiger partial charge >= 0.3 is 0 Å². The standard InChI is InChI=1S/C23H25NO/c1-3-18-5-7-19(8-6-18)9-10-20-11-13-21(14-12-20)23-16-15-22(17-24-23)25-4-2/h5-8,11-17H,3-4,9-10H2,1-2H3. The van der Waals surface area contributed by atoms with Gasteiger partial charge in [0.15, 0.2) is 0 Å². The average Bonchev–Trinajstić information content (AvgIpc) is 2.68. The lowest BCUT2D eigenvalue weighted by atomic mass is 10.0. The molecule has 2 nitrogen and oxygen atoms in total. The molecule has 0 saturated heterocycles. The first-order valence-electron chi connectivity index (χ1n) is 9.04. The molecule has 128 valence electrons. The van der Waals surface area contributed by atoms with E-state index in [1.54, 1.807) is 6.20 Å². The molecule has 0 unspecified atom stereocenters. The van der Waals surface area contributed by atoms with Gasteiger partial charge in [-0.25, -0.2) is 0 Å². The second-order valence-corrected chi connectivity index (χ2v) is 6.18. The van der Waals surface area contributed by atoms with Crippen LogP contribution < -0.4 is 4.74 Å². The Bertz CT molecular complexity index is 774. The van der Waals surface area contributed by atoms with Crippen molar-refractivity contribution in [3.8, 4) is 17.0 Å². The van der Waals surface area contributed by atoms with Crippen molar-refractivity contribution in [2.75, 3.05) is 6.61 Å². The number of nitrogens with zero attached hydrogens (tertiary/aromatic N) is 1. The quantitative estimate of drug-likeness (QED) is 0.571. The van der Waals surface area contributed by atoms with E-state index >= 15 is 0 Å². The third-order valence-corrected chi connectivity index (χ3v) is 4.43. The van der Waals surface area contributed by atoms with E-state index in [2.05, 4.69) is 60.4 Å². The van der Waals surface area contributed by atoms with E-state index < -0.39 is 0 Å². The molecule has 0 saturated carbocycles. The summed E-state index contributed by atoms with van der Waals surface area (Å²) in [6.07, 6.45) is 5.02. The second kappa shape index (κ2) is 8.48. The van der Waals surface area contributed by atoms with Crippen LogP contribution in [0.2, 0.25) is 0 Å². The molecule has 0 fully saturated rings. The van der Waals surface area contributed by atoms with E-state index in [1.807, 2.05) is 19.1 Å². The Kier molecular flexibility index (Phi) is 5.84. The van der Waals surface area contributed by atoms with Gasteiger partial charge < -0.3 is 4.74 Å². The highest BCUT2D eigenvalue weighted by atomic mass is 16.5. The van der Waals surface area contributed by atoms with Gasteiger partial charge in [-0.3, -0.25) is 4.98 Å². The van der Waals surface area contributed by atoms with Gasteiger partial charge in [-0.15, -0.1) is 0 Å². The predicted octanol–water partition coefficient (Wildman–Crippen LogP) is 5.49. The second-order valence-electron chi connectivity index (χ2n) is 6.18. The zero-order chi connectivity index (χ0) is 17.5. The number of pyridine rings is 1. The summed E-state index contributed by atoms with van der Waals surface area (Å²) in [6, 6.07) is 21.6. The van der Waals surface area contributed by atoms with Gasteiger partial charge in [0.1, 0.15) is 5.75 Å². The fourth-order valence-electron chi connectivity index (χ4n) is 2.88. The topological polar surface area (TPSA) is 22.1 Å². The van der Waals surface area contributed by atoms with Crippen LogP contribution >= 0.6 is 0 Å². The van der Waals surface area contributed by atoms with Crippen LogP contribution in [0.3, 0.4) is 0 Å². The van der Waals surface area contributed by atoms with Crippen LogP contribution in [0.25, 0.3) is 11.3 Å². The van der Waals surface area contributed by atoms with Crippen LogP contribution in [-0.4, -0.2) is 11.6 Å². The van der Waals surface area contributed by atoms with Crippen molar-refractivity contribution >= 4 is 0 Å². The zero-order valence-electron chi connectivity index (χ0n) is 15.0. The Morgan fingerprint density at radius 1 is 0.720 bits per heavy atom. The maximum atomic E-state index is 5.44. The largest absolute Gasteiger partial charge is 0.492 e. The molecule has 1 heterocycles. The predicted molar refractivity (Wildman–Crippen MR) is 104 cm³/mol. The van der Waals surface area contributed by atoms with Gasteiger partial charge in [0.2, 0.25) is 0 Å². The van der Waals surface area contributed by atoms with E-state index in [-0.39, 0.29) is 0 Å². The molecule has 2 aromatic carbocycles. The van der Waals surface area contributed by atoms with Gasteiger partial charge in [0.05, 0.1) is 18.5 Å². The molecule has 0 N–H and O–H groups in total. The summed E-state index contributed by atoms with van der Waals surface area (Å²) >= 11 is 0. The first-order chi connectivity index (χ1) is 12.3. The minimum atomic E-state index is 0.664. The summed E-state index contributed by atoms with van der Waals surface area (Å²) in [5.74, 6) is 0.817. The number of rotatable bonds is 7. The highest BCUT2D eigenvalue weighted by Crippen LogP contribution is 2.20. The lowest BCUT2D eigenvalue weighted by Gasteiger charge is -2.06. The summed E-state index contributed by atoms with van der Waals surface area (Å²) < 4.78 is 5.44. The van der Waals surface area contributed by atoms with Crippen molar-refractivity contribution in [2.45, 2.75) is 33.1 Å². The number of hydrogen-bond acceptors (Lipinski definition) is 2. The van der Waals surface area contributed by atoms with Crippen LogP contribution in [-0.2, 0) is 19.3 Å². The first-order valence-corrected chi connectivity index (χ1v) is 9.04. The van der Waals surface area contributed by atoms with E-state index in [0.29, 0.717) is 6.61 Å². The van der Waals surface area contributed by atoms with Crippen molar-refractivity contribution in [2.24, 2.45) is 0 Å². The van der Waals surface area contributed by atoms with Crippen molar-refractivity contribution < 1.29 is 4.74 Å². The van der Waals surface area contributed by atoms with Gasteiger partial charge in [0, 0.05) is 5.56 Å².